The summed E-state index contributed by atoms with van der Waals surface area (Å²) in [6.45, 7) is 1.89. The maximum atomic E-state index is 14.8. The van der Waals surface area contributed by atoms with Crippen molar-refractivity contribution in [1.82, 2.24) is 0 Å². The zero-order valence-electron chi connectivity index (χ0n) is 16.3. The molecule has 0 fully saturated rings. The second-order valence-electron chi connectivity index (χ2n) is 6.74. The number of rotatable bonds is 9. The fourth-order valence-corrected chi connectivity index (χ4v) is 3.21. The van der Waals surface area contributed by atoms with Crippen molar-refractivity contribution in [2.45, 2.75) is 45.1 Å². The van der Waals surface area contributed by atoms with E-state index < -0.39 is 11.8 Å². The van der Waals surface area contributed by atoms with Crippen LogP contribution in [0.15, 0.2) is 36.4 Å². The molecule has 2 aromatic carbocycles. The lowest BCUT2D eigenvalue weighted by Gasteiger charge is -2.25. The first-order valence-corrected chi connectivity index (χ1v) is 9.62. The average molecular weight is 398 g/mol. The number of hydrogen-bond donors (Lipinski definition) is 0. The molecule has 1 unspecified atom stereocenters. The first-order chi connectivity index (χ1) is 14.1. The summed E-state index contributed by atoms with van der Waals surface area (Å²) in [5.74, 6) is -0.408. The Balaban J connectivity index is 1.60. The van der Waals surface area contributed by atoms with Gasteiger partial charge in [0.05, 0.1) is 0 Å². The lowest BCUT2D eigenvalue weighted by molar-refractivity contribution is 0.0222. The molecule has 29 heavy (non-hydrogen) atoms. The van der Waals surface area contributed by atoms with Gasteiger partial charge in [-0.3, -0.25) is 0 Å². The van der Waals surface area contributed by atoms with Gasteiger partial charge >= 0.3 is 5.97 Å². The molecule has 0 bridgehead atoms. The van der Waals surface area contributed by atoms with Crippen molar-refractivity contribution in [3.05, 3.63) is 53.3 Å². The molecule has 0 saturated heterocycles. The normalized spacial score (nSPS) is 15.1. The van der Waals surface area contributed by atoms with Gasteiger partial charge < -0.3 is 18.9 Å². The minimum absolute atomic E-state index is 0.0509. The Labute approximate surface area is 169 Å². The molecule has 2 aromatic rings. The third-order valence-electron chi connectivity index (χ3n) is 4.69. The highest BCUT2D eigenvalue weighted by Gasteiger charge is 2.30. The Kier molecular flexibility index (Phi) is 6.96. The molecule has 0 aliphatic carbocycles. The second kappa shape index (κ2) is 9.83. The molecule has 0 radical (unpaired) electrons. The number of carbonyl (C=O) groups is 1. The van der Waals surface area contributed by atoms with Crippen LogP contribution in [0, 0.1) is 18.3 Å². The van der Waals surface area contributed by atoms with E-state index in [1.54, 1.807) is 30.3 Å². The van der Waals surface area contributed by atoms with Crippen molar-refractivity contribution < 1.29 is 28.1 Å². The van der Waals surface area contributed by atoms with E-state index in [1.807, 2.05) is 0 Å². The number of esters is 1. The molecule has 1 heterocycles. The van der Waals surface area contributed by atoms with Gasteiger partial charge in [0, 0.05) is 6.42 Å². The van der Waals surface area contributed by atoms with Gasteiger partial charge in [0.1, 0.15) is 29.3 Å². The Hall–Kier alpha value is -3.20. The lowest BCUT2D eigenvalue weighted by Crippen LogP contribution is -2.29. The van der Waals surface area contributed by atoms with Crippen molar-refractivity contribution in [3.8, 4) is 29.8 Å². The Morgan fingerprint density at radius 2 is 1.90 bits per heavy atom. The van der Waals surface area contributed by atoms with Crippen LogP contribution in [0.1, 0.15) is 48.5 Å². The fourth-order valence-electron chi connectivity index (χ4n) is 3.21. The first-order valence-electron chi connectivity index (χ1n) is 9.62. The van der Waals surface area contributed by atoms with Gasteiger partial charge in [0.2, 0.25) is 6.79 Å². The van der Waals surface area contributed by atoms with E-state index in [0.29, 0.717) is 23.5 Å². The Morgan fingerprint density at radius 1 is 1.14 bits per heavy atom. The van der Waals surface area contributed by atoms with E-state index in [2.05, 4.69) is 13.0 Å². The quantitative estimate of drug-likeness (QED) is 0.261. The van der Waals surface area contributed by atoms with Crippen LogP contribution in [0.25, 0.3) is 0 Å². The number of hydrogen-bond acceptors (Lipinski definition) is 5. The van der Waals surface area contributed by atoms with Gasteiger partial charge in [-0.05, 0) is 48.7 Å². The maximum absolute atomic E-state index is 14.8. The summed E-state index contributed by atoms with van der Waals surface area (Å²) < 4.78 is 35.9. The standard InChI is InChI=1S/C23H23FO5/c1-3-5-6-7-19-14-16-8-13-20(22(24)21(16)23(25)29-19)28-15-27-18-11-9-17(10-12-18)26-4-2/h2,8-13,19H,3,5-7,14-15H2,1H3. The van der Waals surface area contributed by atoms with Crippen LogP contribution in [0.3, 0.4) is 0 Å². The molecule has 0 amide bonds. The Morgan fingerprint density at radius 3 is 2.62 bits per heavy atom. The average Bonchev–Trinajstić information content (AvgIpc) is 2.71. The van der Waals surface area contributed by atoms with Gasteiger partial charge in [-0.25, -0.2) is 9.18 Å². The highest BCUT2D eigenvalue weighted by molar-refractivity contribution is 5.93. The molecule has 0 saturated carbocycles. The number of ether oxygens (including phenoxy) is 4. The molecule has 1 atom stereocenters. The van der Waals surface area contributed by atoms with E-state index >= 15 is 0 Å². The van der Waals surface area contributed by atoms with Crippen LogP contribution >= 0.6 is 0 Å². The first kappa shape index (κ1) is 20.5. The predicted molar refractivity (Wildman–Crippen MR) is 105 cm³/mol. The molecule has 3 rings (SSSR count). The number of fused-ring (bicyclic) bond motifs is 1. The molecular formula is C23H23FO5. The summed E-state index contributed by atoms with van der Waals surface area (Å²) in [5.41, 5.74) is 0.600. The van der Waals surface area contributed by atoms with Gasteiger partial charge in [0.25, 0.3) is 0 Å². The van der Waals surface area contributed by atoms with Crippen LogP contribution in [0.2, 0.25) is 0 Å². The van der Waals surface area contributed by atoms with Gasteiger partial charge in [-0.2, -0.15) is 0 Å². The fraction of sp³-hybridized carbons (Fsp3) is 0.348. The number of halogens is 1. The smallest absolute Gasteiger partial charge is 0.341 e. The minimum Gasteiger partial charge on any atom is -0.458 e. The highest BCUT2D eigenvalue weighted by Crippen LogP contribution is 2.31. The van der Waals surface area contributed by atoms with E-state index in [1.165, 1.54) is 6.07 Å². The minimum atomic E-state index is -0.721. The number of carbonyl (C=O) groups excluding carboxylic acids is 1. The number of unbranched alkanes of at least 4 members (excludes halogenated alkanes) is 2. The third-order valence-corrected chi connectivity index (χ3v) is 4.69. The van der Waals surface area contributed by atoms with E-state index in [4.69, 9.17) is 25.4 Å². The molecule has 0 spiro atoms. The summed E-state index contributed by atoms with van der Waals surface area (Å²) in [6.07, 6.45) is 11.4. The third kappa shape index (κ3) is 5.20. The molecule has 6 heteroatoms. The van der Waals surface area contributed by atoms with Gasteiger partial charge in [-0.15, -0.1) is 0 Å². The van der Waals surface area contributed by atoms with Crippen molar-refractivity contribution in [2.24, 2.45) is 0 Å². The maximum Gasteiger partial charge on any atom is 0.341 e. The lowest BCUT2D eigenvalue weighted by atomic mass is 9.95. The zero-order valence-corrected chi connectivity index (χ0v) is 16.3. The van der Waals surface area contributed by atoms with Crippen molar-refractivity contribution in [3.63, 3.8) is 0 Å². The second-order valence-corrected chi connectivity index (χ2v) is 6.74. The molecule has 152 valence electrons. The SMILES string of the molecule is C#COc1ccc(OCOc2ccc3c(c2F)C(=O)OC(CCCCC)C3)cc1. The van der Waals surface area contributed by atoms with Crippen LogP contribution < -0.4 is 14.2 Å². The van der Waals surface area contributed by atoms with Gasteiger partial charge in [-0.1, -0.05) is 32.3 Å². The predicted octanol–water partition coefficient (Wildman–Crippen LogP) is 4.87. The molecule has 0 N–H and O–H groups in total. The summed E-state index contributed by atoms with van der Waals surface area (Å²) in [6, 6.07) is 9.81. The molecule has 1 aliphatic heterocycles. The largest absolute Gasteiger partial charge is 0.458 e. The van der Waals surface area contributed by atoms with Crippen molar-refractivity contribution >= 4 is 5.97 Å². The molecule has 5 nitrogen and oxygen atoms in total. The summed E-state index contributed by atoms with van der Waals surface area (Å²) in [7, 11) is 0. The molecule has 0 aromatic heterocycles. The van der Waals surface area contributed by atoms with E-state index in [9.17, 15) is 9.18 Å². The van der Waals surface area contributed by atoms with Crippen molar-refractivity contribution in [1.29, 1.82) is 0 Å². The summed E-state index contributed by atoms with van der Waals surface area (Å²) in [4.78, 5) is 12.3. The van der Waals surface area contributed by atoms with Crippen LogP contribution in [0.4, 0.5) is 4.39 Å². The molecular weight excluding hydrogens is 375 g/mol. The number of terminal acetylenes is 1. The van der Waals surface area contributed by atoms with Crippen molar-refractivity contribution in [2.75, 3.05) is 6.79 Å². The zero-order chi connectivity index (χ0) is 20.6. The van der Waals surface area contributed by atoms with Crippen LogP contribution in [-0.2, 0) is 11.2 Å². The topological polar surface area (TPSA) is 54.0 Å². The highest BCUT2D eigenvalue weighted by atomic mass is 19.1. The Bertz CT molecular complexity index is 885. The van der Waals surface area contributed by atoms with Gasteiger partial charge in [0.15, 0.2) is 11.6 Å². The molecule has 1 aliphatic rings. The number of cyclic esters (lactones) is 1. The monoisotopic (exact) mass is 398 g/mol. The van der Waals surface area contributed by atoms with E-state index in [-0.39, 0.29) is 24.2 Å². The van der Waals surface area contributed by atoms with Crippen LogP contribution in [-0.4, -0.2) is 18.9 Å². The summed E-state index contributed by atoms with van der Waals surface area (Å²) in [5, 5.41) is 0. The summed E-state index contributed by atoms with van der Waals surface area (Å²) >= 11 is 0. The van der Waals surface area contributed by atoms with Crippen LogP contribution in [0.5, 0.6) is 17.2 Å². The number of benzene rings is 2. The van der Waals surface area contributed by atoms with E-state index in [0.717, 1.165) is 25.7 Å².